The fourth-order valence-electron chi connectivity index (χ4n) is 5.28. The third kappa shape index (κ3) is 7.24. The highest BCUT2D eigenvalue weighted by Gasteiger charge is 2.44. The van der Waals surface area contributed by atoms with Crippen molar-refractivity contribution in [2.24, 2.45) is 0 Å². The lowest BCUT2D eigenvalue weighted by molar-refractivity contribution is -0.387. The molecule has 46 heavy (non-hydrogen) atoms. The number of pyridine rings is 1. The Bertz CT molecular complexity index is 1800. The zero-order chi connectivity index (χ0) is 32.8. The van der Waals surface area contributed by atoms with E-state index in [1.54, 1.807) is 6.20 Å². The predicted octanol–water partition coefficient (Wildman–Crippen LogP) is 2.54. The summed E-state index contributed by atoms with van der Waals surface area (Å²) >= 11 is 0. The van der Waals surface area contributed by atoms with Crippen LogP contribution in [-0.2, 0) is 29.1 Å². The van der Waals surface area contributed by atoms with Crippen LogP contribution in [0.4, 0.5) is 10.5 Å². The Balaban J connectivity index is 1.47. The topological polar surface area (TPSA) is 196 Å². The number of sulfonamides is 1. The van der Waals surface area contributed by atoms with Crippen molar-refractivity contribution < 1.29 is 41.9 Å². The SMILES string of the molecule is COC(=O)[C@@H]1C[C@@H]2CN1C(=O)[C@H](CNS(=O)(=O)c1ccccc1[N+](=O)[O-])NC(=O)OCCCC=Cc1ccc3ccnc(c3c1)O2. The number of hydrogen-bond donors (Lipinski definition) is 2. The number of nitrogens with zero attached hydrogens (tertiary/aromatic N) is 3. The summed E-state index contributed by atoms with van der Waals surface area (Å²) in [6.07, 6.45) is 4.74. The van der Waals surface area contributed by atoms with Gasteiger partial charge in [-0.05, 0) is 42.0 Å². The van der Waals surface area contributed by atoms with E-state index in [1.807, 2.05) is 36.4 Å². The van der Waals surface area contributed by atoms with E-state index in [1.165, 1.54) is 12.1 Å². The number of rotatable bonds is 6. The molecular formula is C30H31N5O10S. The second kappa shape index (κ2) is 13.9. The van der Waals surface area contributed by atoms with Crippen LogP contribution in [0.2, 0.25) is 0 Å². The lowest BCUT2D eigenvalue weighted by atomic mass is 10.1. The second-order valence-corrected chi connectivity index (χ2v) is 12.3. The number of nitrogens with one attached hydrogen (secondary N) is 2. The number of aromatic nitrogens is 1. The van der Waals surface area contributed by atoms with Crippen LogP contribution in [0.15, 0.2) is 65.7 Å². The number of amides is 2. The van der Waals surface area contributed by atoms with Gasteiger partial charge in [-0.2, -0.15) is 0 Å². The number of benzene rings is 2. The lowest BCUT2D eigenvalue weighted by Crippen LogP contribution is -2.56. The van der Waals surface area contributed by atoms with Crippen molar-refractivity contribution in [1.29, 1.82) is 0 Å². The van der Waals surface area contributed by atoms with E-state index in [-0.39, 0.29) is 19.6 Å². The van der Waals surface area contributed by atoms with Crippen LogP contribution in [0, 0.1) is 10.1 Å². The summed E-state index contributed by atoms with van der Waals surface area (Å²) in [5.41, 5.74) is 0.221. The summed E-state index contributed by atoms with van der Waals surface area (Å²) in [6, 6.07) is 9.59. The van der Waals surface area contributed by atoms with E-state index in [0.717, 1.165) is 40.5 Å². The average molecular weight is 654 g/mol. The molecule has 1 saturated heterocycles. The molecule has 5 rings (SSSR count). The van der Waals surface area contributed by atoms with Crippen molar-refractivity contribution in [3.05, 3.63) is 76.5 Å². The van der Waals surface area contributed by atoms with Gasteiger partial charge in [-0.1, -0.05) is 36.4 Å². The molecule has 242 valence electrons. The highest BCUT2D eigenvalue weighted by molar-refractivity contribution is 7.89. The van der Waals surface area contributed by atoms with E-state index < -0.39 is 68.2 Å². The first-order chi connectivity index (χ1) is 22.1. The number of alkyl carbamates (subject to hydrolysis) is 1. The number of nitro benzene ring substituents is 1. The Hall–Kier alpha value is -5.09. The minimum Gasteiger partial charge on any atom is -0.472 e. The van der Waals surface area contributed by atoms with Crippen LogP contribution in [-0.4, -0.2) is 86.2 Å². The number of carbonyl (C=O) groups excluding carboxylic acids is 3. The average Bonchev–Trinajstić information content (AvgIpc) is 3.47. The van der Waals surface area contributed by atoms with Gasteiger partial charge in [-0.25, -0.2) is 27.7 Å². The number of ether oxygens (including phenoxy) is 3. The predicted molar refractivity (Wildman–Crippen MR) is 163 cm³/mol. The molecule has 0 unspecified atom stereocenters. The normalized spacial score (nSPS) is 20.7. The summed E-state index contributed by atoms with van der Waals surface area (Å²) in [7, 11) is -3.37. The number of nitro groups is 1. The van der Waals surface area contributed by atoms with Crippen LogP contribution in [0.3, 0.4) is 0 Å². The lowest BCUT2D eigenvalue weighted by Gasteiger charge is -2.27. The monoisotopic (exact) mass is 653 g/mol. The number of allylic oxidation sites excluding steroid dienone is 1. The standard InChI is InChI=1S/C30H31N5O10S/c1-43-29(37)25-16-21-18-34(25)28(36)23(17-32-46(41,42)26-9-5-4-8-24(26)35(39)40)33-30(38)44-14-6-2-3-7-19-10-11-20-12-13-31-27(45-21)22(20)15-19/h3-5,7-13,15,21,23,25,32H,2,6,14,16-18H2,1H3,(H,33,38)/t21-,23+,25+/m1/s1. The zero-order valence-corrected chi connectivity index (χ0v) is 25.5. The molecule has 2 aromatic carbocycles. The number of methoxy groups -OCH3 is 1. The fourth-order valence-corrected chi connectivity index (χ4v) is 6.49. The highest BCUT2D eigenvalue weighted by atomic mass is 32.2. The molecule has 2 aliphatic rings. The van der Waals surface area contributed by atoms with Crippen molar-refractivity contribution >= 4 is 50.5 Å². The molecule has 4 bridgehead atoms. The molecule has 0 aliphatic carbocycles. The molecule has 2 amide bonds. The number of hydrogen-bond acceptors (Lipinski definition) is 11. The first kappa shape index (κ1) is 32.3. The van der Waals surface area contributed by atoms with Gasteiger partial charge in [0.2, 0.25) is 21.8 Å². The van der Waals surface area contributed by atoms with E-state index in [2.05, 4.69) is 15.0 Å². The first-order valence-electron chi connectivity index (χ1n) is 14.3. The van der Waals surface area contributed by atoms with Gasteiger partial charge in [0.05, 0.1) is 25.2 Å². The summed E-state index contributed by atoms with van der Waals surface area (Å²) in [5.74, 6) is -1.28. The van der Waals surface area contributed by atoms with Crippen molar-refractivity contribution in [2.75, 3.05) is 26.8 Å². The quantitative estimate of drug-likeness (QED) is 0.225. The van der Waals surface area contributed by atoms with Crippen molar-refractivity contribution in [3.8, 4) is 5.88 Å². The van der Waals surface area contributed by atoms with Gasteiger partial charge in [0.15, 0.2) is 4.90 Å². The van der Waals surface area contributed by atoms with Crippen LogP contribution in [0.5, 0.6) is 5.88 Å². The molecule has 3 aromatic rings. The molecule has 16 heteroatoms. The summed E-state index contributed by atoms with van der Waals surface area (Å²) in [4.78, 5) is 55.1. The van der Waals surface area contributed by atoms with Crippen molar-refractivity contribution in [3.63, 3.8) is 0 Å². The van der Waals surface area contributed by atoms with Gasteiger partial charge in [-0.3, -0.25) is 14.9 Å². The van der Waals surface area contributed by atoms with E-state index in [4.69, 9.17) is 14.2 Å². The third-order valence-corrected chi connectivity index (χ3v) is 9.00. The summed E-state index contributed by atoms with van der Waals surface area (Å²) < 4.78 is 44.9. The third-order valence-electron chi connectivity index (χ3n) is 7.53. The Morgan fingerprint density at radius 3 is 2.80 bits per heavy atom. The van der Waals surface area contributed by atoms with Crippen LogP contribution in [0.1, 0.15) is 24.8 Å². The summed E-state index contributed by atoms with van der Waals surface area (Å²) in [5, 5.41) is 15.4. The van der Waals surface area contributed by atoms with Crippen LogP contribution < -0.4 is 14.8 Å². The molecule has 0 saturated carbocycles. The van der Waals surface area contributed by atoms with Gasteiger partial charge >= 0.3 is 12.1 Å². The molecule has 2 aliphatic heterocycles. The largest absolute Gasteiger partial charge is 0.472 e. The minimum atomic E-state index is -4.54. The molecule has 15 nitrogen and oxygen atoms in total. The maximum Gasteiger partial charge on any atom is 0.407 e. The maximum atomic E-state index is 14.0. The zero-order valence-electron chi connectivity index (χ0n) is 24.7. The minimum absolute atomic E-state index is 0.00474. The molecule has 1 fully saturated rings. The Labute approximate surface area is 263 Å². The Kier molecular flexibility index (Phi) is 9.77. The van der Waals surface area contributed by atoms with Gasteiger partial charge in [0.25, 0.3) is 5.69 Å². The van der Waals surface area contributed by atoms with E-state index >= 15 is 0 Å². The number of esters is 1. The number of para-hydroxylation sites is 1. The van der Waals surface area contributed by atoms with Crippen molar-refractivity contribution in [2.45, 2.75) is 42.3 Å². The first-order valence-corrected chi connectivity index (χ1v) is 15.8. The summed E-state index contributed by atoms with van der Waals surface area (Å²) in [6.45, 7) is -0.843. The Morgan fingerprint density at radius 2 is 2.02 bits per heavy atom. The molecule has 0 radical (unpaired) electrons. The van der Waals surface area contributed by atoms with Gasteiger partial charge < -0.3 is 24.4 Å². The second-order valence-electron chi connectivity index (χ2n) is 10.6. The van der Waals surface area contributed by atoms with Crippen LogP contribution >= 0.6 is 0 Å². The van der Waals surface area contributed by atoms with E-state index in [0.29, 0.717) is 18.7 Å². The molecule has 3 atom stereocenters. The smallest absolute Gasteiger partial charge is 0.407 e. The molecule has 0 spiro atoms. The molecule has 1 aromatic heterocycles. The van der Waals surface area contributed by atoms with Crippen LogP contribution in [0.25, 0.3) is 16.8 Å². The number of fused-ring (bicyclic) bond motifs is 3. The Morgan fingerprint density at radius 1 is 1.22 bits per heavy atom. The highest BCUT2D eigenvalue weighted by Crippen LogP contribution is 2.30. The van der Waals surface area contributed by atoms with Gasteiger partial charge in [-0.15, -0.1) is 0 Å². The molecule has 3 heterocycles. The van der Waals surface area contributed by atoms with Crippen molar-refractivity contribution in [1.82, 2.24) is 19.9 Å². The number of carbonyl (C=O) groups is 3. The van der Waals surface area contributed by atoms with E-state index in [9.17, 15) is 32.9 Å². The van der Waals surface area contributed by atoms with Gasteiger partial charge in [0, 0.05) is 30.6 Å². The fraction of sp³-hybridized carbons (Fsp3) is 0.333. The molecular weight excluding hydrogens is 622 g/mol. The molecule has 2 N–H and O–H groups in total. The number of cyclic esters (lactones) is 1. The maximum absolute atomic E-state index is 14.0. The van der Waals surface area contributed by atoms with Gasteiger partial charge in [0.1, 0.15) is 18.2 Å².